The first kappa shape index (κ1) is 18.6. The van der Waals surface area contributed by atoms with Crippen molar-refractivity contribution in [2.75, 3.05) is 30.4 Å². The molecule has 0 aliphatic carbocycles. The zero-order valence-electron chi connectivity index (χ0n) is 15.6. The molecule has 1 saturated heterocycles. The molecule has 4 rings (SSSR count). The quantitative estimate of drug-likeness (QED) is 0.627. The van der Waals surface area contributed by atoms with E-state index in [2.05, 4.69) is 20.8 Å². The molecule has 8 heteroatoms. The molecule has 1 fully saturated rings. The Morgan fingerprint density at radius 3 is 2.93 bits per heavy atom. The highest BCUT2D eigenvalue weighted by atomic mass is 32.1. The van der Waals surface area contributed by atoms with Gasteiger partial charge in [-0.15, -0.1) is 10.2 Å². The van der Waals surface area contributed by atoms with Crippen molar-refractivity contribution in [3.8, 4) is 5.75 Å². The largest absolute Gasteiger partial charge is 0.493 e. The molecule has 1 unspecified atom stereocenters. The third-order valence-electron chi connectivity index (χ3n) is 4.57. The van der Waals surface area contributed by atoms with Gasteiger partial charge in [-0.2, -0.15) is 0 Å². The highest BCUT2D eigenvalue weighted by Gasteiger charge is 2.19. The Balaban J connectivity index is 1.51. The molecule has 3 aromatic rings. The Bertz CT molecular complexity index is 969. The summed E-state index contributed by atoms with van der Waals surface area (Å²) in [6.07, 6.45) is 2.36. The van der Waals surface area contributed by atoms with Crippen molar-refractivity contribution in [2.45, 2.75) is 25.9 Å². The number of carbonyl (C=O) groups is 1. The number of aromatic nitrogens is 2. The number of carbonyl (C=O) groups excluding carboxylic acids is 1. The van der Waals surface area contributed by atoms with E-state index >= 15 is 0 Å². The second-order valence-corrected chi connectivity index (χ2v) is 7.45. The van der Waals surface area contributed by atoms with Gasteiger partial charge in [0.1, 0.15) is 5.75 Å². The van der Waals surface area contributed by atoms with Crippen LogP contribution in [0.1, 0.15) is 30.1 Å². The van der Waals surface area contributed by atoms with Crippen LogP contribution >= 0.6 is 11.3 Å². The lowest BCUT2D eigenvalue weighted by Crippen LogP contribution is -2.18. The van der Waals surface area contributed by atoms with Crippen molar-refractivity contribution in [1.82, 2.24) is 10.2 Å². The molecule has 146 valence electrons. The van der Waals surface area contributed by atoms with Gasteiger partial charge in [0.15, 0.2) is 0 Å². The molecule has 0 radical (unpaired) electrons. The van der Waals surface area contributed by atoms with E-state index < -0.39 is 0 Å². The minimum Gasteiger partial charge on any atom is -0.493 e. The number of benzene rings is 2. The Labute approximate surface area is 167 Å². The van der Waals surface area contributed by atoms with Crippen LogP contribution in [-0.2, 0) is 4.74 Å². The van der Waals surface area contributed by atoms with Crippen LogP contribution in [0.25, 0.3) is 10.8 Å². The number of anilines is 2. The molecule has 1 atom stereocenters. The fourth-order valence-corrected chi connectivity index (χ4v) is 3.92. The van der Waals surface area contributed by atoms with Crippen LogP contribution in [-0.4, -0.2) is 42.0 Å². The lowest BCUT2D eigenvalue weighted by molar-refractivity contribution is 0.102. The predicted octanol–water partition coefficient (Wildman–Crippen LogP) is 3.93. The fraction of sp³-hybridized carbons (Fsp3) is 0.350. The van der Waals surface area contributed by atoms with Crippen LogP contribution in [0.5, 0.6) is 5.75 Å². The van der Waals surface area contributed by atoms with Crippen LogP contribution in [0.3, 0.4) is 0 Å². The summed E-state index contributed by atoms with van der Waals surface area (Å²) in [6.45, 7) is 3.89. The summed E-state index contributed by atoms with van der Waals surface area (Å²) in [5.74, 6) is 0.294. The van der Waals surface area contributed by atoms with Crippen molar-refractivity contribution in [3.63, 3.8) is 0 Å². The second kappa shape index (κ2) is 8.53. The predicted molar refractivity (Wildman–Crippen MR) is 110 cm³/mol. The fourth-order valence-electron chi connectivity index (χ4n) is 3.27. The molecule has 0 bridgehead atoms. The highest BCUT2D eigenvalue weighted by Crippen LogP contribution is 2.30. The topological polar surface area (TPSA) is 85.4 Å². The summed E-state index contributed by atoms with van der Waals surface area (Å²) in [6, 6.07) is 11.5. The lowest BCUT2D eigenvalue weighted by Gasteiger charge is -2.12. The monoisotopic (exact) mass is 398 g/mol. The van der Waals surface area contributed by atoms with Crippen LogP contribution in [0.15, 0.2) is 36.4 Å². The molecule has 0 saturated carbocycles. The first-order chi connectivity index (χ1) is 13.7. The van der Waals surface area contributed by atoms with E-state index in [-0.39, 0.29) is 12.0 Å². The highest BCUT2D eigenvalue weighted by molar-refractivity contribution is 7.19. The first-order valence-corrected chi connectivity index (χ1v) is 10.2. The van der Waals surface area contributed by atoms with Gasteiger partial charge in [0, 0.05) is 13.2 Å². The summed E-state index contributed by atoms with van der Waals surface area (Å²) in [7, 11) is 0. The molecule has 0 spiro atoms. The Kier molecular flexibility index (Phi) is 5.68. The number of hydrogen-bond donors (Lipinski definition) is 2. The van der Waals surface area contributed by atoms with Crippen molar-refractivity contribution >= 4 is 38.3 Å². The maximum atomic E-state index is 13.0. The molecule has 1 amide bonds. The normalized spacial score (nSPS) is 16.2. The van der Waals surface area contributed by atoms with Crippen molar-refractivity contribution in [1.29, 1.82) is 0 Å². The summed E-state index contributed by atoms with van der Waals surface area (Å²) < 4.78 is 11.3. The summed E-state index contributed by atoms with van der Waals surface area (Å²) >= 11 is 1.30. The number of hydrogen-bond acceptors (Lipinski definition) is 7. The maximum Gasteiger partial charge on any atom is 0.261 e. The molecule has 2 aromatic carbocycles. The zero-order chi connectivity index (χ0) is 19.3. The number of amides is 1. The van der Waals surface area contributed by atoms with Crippen LogP contribution < -0.4 is 15.4 Å². The van der Waals surface area contributed by atoms with Gasteiger partial charge in [-0.05, 0) is 36.6 Å². The Morgan fingerprint density at radius 1 is 1.25 bits per heavy atom. The smallest absolute Gasteiger partial charge is 0.261 e. The summed E-state index contributed by atoms with van der Waals surface area (Å²) in [5, 5.41) is 17.2. The minimum absolute atomic E-state index is 0.214. The molecular weight excluding hydrogens is 376 g/mol. The number of rotatable bonds is 7. The maximum absolute atomic E-state index is 13.0. The average Bonchev–Trinajstić information content (AvgIpc) is 3.38. The van der Waals surface area contributed by atoms with Gasteiger partial charge in [0.05, 0.1) is 18.3 Å². The summed E-state index contributed by atoms with van der Waals surface area (Å²) in [4.78, 5) is 13.0. The van der Waals surface area contributed by atoms with Gasteiger partial charge in [-0.1, -0.05) is 41.7 Å². The van der Waals surface area contributed by atoms with E-state index in [1.165, 1.54) is 11.3 Å². The third kappa shape index (κ3) is 4.07. The molecule has 7 nitrogen and oxygen atoms in total. The Morgan fingerprint density at radius 2 is 2.11 bits per heavy atom. The molecule has 1 aliphatic heterocycles. The summed E-state index contributed by atoms with van der Waals surface area (Å²) in [5.41, 5.74) is 0.504. The zero-order valence-corrected chi connectivity index (χ0v) is 16.4. The SMILES string of the molecule is CCOc1ccc2ccccc2c1C(=O)Nc1nnc(NCC2CCCO2)s1. The van der Waals surface area contributed by atoms with Crippen LogP contribution in [0.4, 0.5) is 10.3 Å². The van der Waals surface area contributed by atoms with Crippen LogP contribution in [0, 0.1) is 0 Å². The standard InChI is InChI=1S/C20H22N4O3S/c1-2-26-16-10-9-13-6-3-4-8-15(13)17(16)18(25)22-20-24-23-19(28-20)21-12-14-7-5-11-27-14/h3-4,6,8-10,14H,2,5,7,11-12H2,1H3,(H,21,23)(H,22,24,25). The van der Waals surface area contributed by atoms with Gasteiger partial charge >= 0.3 is 0 Å². The second-order valence-electron chi connectivity index (χ2n) is 6.48. The number of fused-ring (bicyclic) bond motifs is 1. The molecule has 28 heavy (non-hydrogen) atoms. The van der Waals surface area contributed by atoms with Crippen molar-refractivity contribution < 1.29 is 14.3 Å². The van der Waals surface area contributed by atoms with Crippen LogP contribution in [0.2, 0.25) is 0 Å². The van der Waals surface area contributed by atoms with E-state index in [0.717, 1.165) is 30.2 Å². The number of ether oxygens (including phenoxy) is 2. The van der Waals surface area contributed by atoms with Crippen molar-refractivity contribution in [3.05, 3.63) is 42.0 Å². The molecule has 1 aliphatic rings. The van der Waals surface area contributed by atoms with E-state index in [1.807, 2.05) is 43.3 Å². The van der Waals surface area contributed by atoms with E-state index in [9.17, 15) is 4.79 Å². The van der Waals surface area contributed by atoms with Gasteiger partial charge in [0.2, 0.25) is 10.3 Å². The van der Waals surface area contributed by atoms with Gasteiger partial charge in [0.25, 0.3) is 5.91 Å². The third-order valence-corrected chi connectivity index (χ3v) is 5.36. The van der Waals surface area contributed by atoms with Gasteiger partial charge in [-0.25, -0.2) is 0 Å². The minimum atomic E-state index is -0.262. The average molecular weight is 398 g/mol. The van der Waals surface area contributed by atoms with Gasteiger partial charge < -0.3 is 14.8 Å². The van der Waals surface area contributed by atoms with E-state index in [0.29, 0.717) is 34.7 Å². The molecular formula is C20H22N4O3S. The number of nitrogens with zero attached hydrogens (tertiary/aromatic N) is 2. The number of nitrogens with one attached hydrogen (secondary N) is 2. The molecule has 2 N–H and O–H groups in total. The van der Waals surface area contributed by atoms with Gasteiger partial charge in [-0.3, -0.25) is 10.1 Å². The van der Waals surface area contributed by atoms with E-state index in [1.54, 1.807) is 0 Å². The Hall–Kier alpha value is -2.71. The molecule has 2 heterocycles. The molecule has 1 aromatic heterocycles. The first-order valence-electron chi connectivity index (χ1n) is 9.39. The lowest BCUT2D eigenvalue weighted by atomic mass is 10.0. The van der Waals surface area contributed by atoms with E-state index in [4.69, 9.17) is 9.47 Å². The van der Waals surface area contributed by atoms with Crippen molar-refractivity contribution in [2.24, 2.45) is 0 Å².